The zero-order valence-corrected chi connectivity index (χ0v) is 12.1. The van der Waals surface area contributed by atoms with Crippen LogP contribution < -0.4 is 5.32 Å². The van der Waals surface area contributed by atoms with E-state index in [1.165, 1.54) is 36.9 Å². The van der Waals surface area contributed by atoms with Crippen LogP contribution in [-0.2, 0) is 6.42 Å². The molecule has 1 aromatic rings. The van der Waals surface area contributed by atoms with Crippen LogP contribution in [0.3, 0.4) is 0 Å². The highest BCUT2D eigenvalue weighted by Gasteiger charge is 2.30. The van der Waals surface area contributed by atoms with Crippen molar-refractivity contribution in [1.82, 2.24) is 5.32 Å². The van der Waals surface area contributed by atoms with Gasteiger partial charge in [-0.15, -0.1) is 0 Å². The number of aryl methyl sites for hydroxylation is 1. The molecule has 1 aliphatic carbocycles. The molecular weight excluding hydrogens is 218 g/mol. The molecule has 1 aromatic carbocycles. The van der Waals surface area contributed by atoms with Gasteiger partial charge in [0.05, 0.1) is 0 Å². The van der Waals surface area contributed by atoms with E-state index < -0.39 is 0 Å². The van der Waals surface area contributed by atoms with Crippen molar-refractivity contribution in [1.29, 1.82) is 0 Å². The molecule has 0 amide bonds. The van der Waals surface area contributed by atoms with Crippen molar-refractivity contribution >= 4 is 0 Å². The molecule has 18 heavy (non-hydrogen) atoms. The second-order valence-electron chi connectivity index (χ2n) is 6.34. The van der Waals surface area contributed by atoms with E-state index in [9.17, 15) is 0 Å². The Hall–Kier alpha value is -0.820. The molecule has 1 nitrogen and oxygen atoms in total. The lowest BCUT2D eigenvalue weighted by molar-refractivity contribution is 0.408. The molecule has 0 bridgehead atoms. The third-order valence-electron chi connectivity index (χ3n) is 3.83. The minimum Gasteiger partial charge on any atom is -0.316 e. The molecule has 1 heteroatoms. The summed E-state index contributed by atoms with van der Waals surface area (Å²) < 4.78 is 0. The van der Waals surface area contributed by atoms with Crippen LogP contribution in [0, 0.1) is 24.7 Å². The molecule has 1 atom stereocenters. The highest BCUT2D eigenvalue weighted by molar-refractivity contribution is 5.22. The highest BCUT2D eigenvalue weighted by atomic mass is 14.9. The van der Waals surface area contributed by atoms with Gasteiger partial charge in [-0.05, 0) is 62.6 Å². The predicted octanol–water partition coefficient (Wildman–Crippen LogP) is 3.81. The molecule has 0 saturated heterocycles. The van der Waals surface area contributed by atoms with Gasteiger partial charge in [0.25, 0.3) is 0 Å². The highest BCUT2D eigenvalue weighted by Crippen LogP contribution is 2.38. The van der Waals surface area contributed by atoms with Gasteiger partial charge in [-0.25, -0.2) is 0 Å². The first kappa shape index (κ1) is 13.6. The Morgan fingerprint density at radius 1 is 1.22 bits per heavy atom. The molecule has 0 spiro atoms. The van der Waals surface area contributed by atoms with Crippen LogP contribution in [0.25, 0.3) is 0 Å². The van der Waals surface area contributed by atoms with Crippen molar-refractivity contribution < 1.29 is 0 Å². The van der Waals surface area contributed by atoms with Crippen molar-refractivity contribution in [3.8, 4) is 0 Å². The number of hydrogen-bond donors (Lipinski definition) is 1. The first-order valence-electron chi connectivity index (χ1n) is 7.41. The van der Waals surface area contributed by atoms with Crippen molar-refractivity contribution in [3.05, 3.63) is 35.4 Å². The number of nitrogens with one attached hydrogen (secondary N) is 1. The first-order chi connectivity index (χ1) is 8.65. The summed E-state index contributed by atoms with van der Waals surface area (Å²) in [6, 6.07) is 9.01. The van der Waals surface area contributed by atoms with Crippen LogP contribution in [0.4, 0.5) is 0 Å². The lowest BCUT2D eigenvalue weighted by atomic mass is 9.94. The van der Waals surface area contributed by atoms with Crippen molar-refractivity contribution in [2.45, 2.75) is 40.0 Å². The average molecular weight is 245 g/mol. The fourth-order valence-electron chi connectivity index (χ4n) is 2.67. The summed E-state index contributed by atoms with van der Waals surface area (Å²) >= 11 is 0. The monoisotopic (exact) mass is 245 g/mol. The van der Waals surface area contributed by atoms with Crippen LogP contribution in [0.1, 0.15) is 37.8 Å². The topological polar surface area (TPSA) is 12.0 Å². The van der Waals surface area contributed by atoms with E-state index in [4.69, 9.17) is 0 Å². The van der Waals surface area contributed by atoms with Crippen LogP contribution >= 0.6 is 0 Å². The smallest absolute Gasteiger partial charge is 0.00146 e. The number of rotatable bonds is 7. The quantitative estimate of drug-likeness (QED) is 0.770. The Labute approximate surface area is 112 Å². The van der Waals surface area contributed by atoms with E-state index in [1.54, 1.807) is 0 Å². The van der Waals surface area contributed by atoms with Crippen LogP contribution in [0.5, 0.6) is 0 Å². The largest absolute Gasteiger partial charge is 0.316 e. The lowest BCUT2D eigenvalue weighted by Gasteiger charge is -2.18. The van der Waals surface area contributed by atoms with Gasteiger partial charge in [-0.3, -0.25) is 0 Å². The molecule has 0 radical (unpaired) electrons. The molecule has 1 saturated carbocycles. The van der Waals surface area contributed by atoms with Crippen LogP contribution in [0.2, 0.25) is 0 Å². The number of hydrogen-bond acceptors (Lipinski definition) is 1. The zero-order chi connectivity index (χ0) is 13.0. The summed E-state index contributed by atoms with van der Waals surface area (Å²) in [7, 11) is 0. The maximum absolute atomic E-state index is 3.64. The van der Waals surface area contributed by atoms with E-state index in [0.717, 1.165) is 24.3 Å². The van der Waals surface area contributed by atoms with E-state index in [0.29, 0.717) is 0 Å². The molecule has 0 aromatic heterocycles. The molecule has 1 N–H and O–H groups in total. The summed E-state index contributed by atoms with van der Waals surface area (Å²) in [5.74, 6) is 2.57. The Bertz CT molecular complexity index is 366. The van der Waals surface area contributed by atoms with Gasteiger partial charge in [0, 0.05) is 0 Å². The normalized spacial score (nSPS) is 17.1. The Balaban J connectivity index is 1.86. The Morgan fingerprint density at radius 2 is 2.00 bits per heavy atom. The number of benzene rings is 1. The summed E-state index contributed by atoms with van der Waals surface area (Å²) in [5, 5.41) is 3.64. The molecule has 1 unspecified atom stereocenters. The zero-order valence-electron chi connectivity index (χ0n) is 12.1. The van der Waals surface area contributed by atoms with Gasteiger partial charge in [0.2, 0.25) is 0 Å². The molecule has 0 heterocycles. The maximum Gasteiger partial charge on any atom is -0.00146 e. The maximum atomic E-state index is 3.64. The fourth-order valence-corrected chi connectivity index (χ4v) is 2.67. The Morgan fingerprint density at radius 3 is 2.61 bits per heavy atom. The van der Waals surface area contributed by atoms with Gasteiger partial charge >= 0.3 is 0 Å². The standard InChI is InChI=1S/C17H27N/c1-13(2)11-18-12-17(16-7-8-16)10-15-6-4-5-14(3)9-15/h4-6,9,13,16-18H,7-8,10-12H2,1-3H3. The molecule has 1 aliphatic rings. The molecule has 2 rings (SSSR count). The molecule has 1 fully saturated rings. The predicted molar refractivity (Wildman–Crippen MR) is 78.8 cm³/mol. The van der Waals surface area contributed by atoms with Crippen LogP contribution in [0.15, 0.2) is 24.3 Å². The molecule has 0 aliphatic heterocycles. The first-order valence-corrected chi connectivity index (χ1v) is 7.41. The van der Waals surface area contributed by atoms with Gasteiger partial charge in [-0.2, -0.15) is 0 Å². The van der Waals surface area contributed by atoms with Crippen molar-refractivity contribution in [2.75, 3.05) is 13.1 Å². The van der Waals surface area contributed by atoms with Crippen LogP contribution in [-0.4, -0.2) is 13.1 Å². The summed E-state index contributed by atoms with van der Waals surface area (Å²) in [6.45, 7) is 9.08. The molecular formula is C17H27N. The lowest BCUT2D eigenvalue weighted by Crippen LogP contribution is -2.28. The van der Waals surface area contributed by atoms with E-state index in [2.05, 4.69) is 50.4 Å². The SMILES string of the molecule is Cc1cccc(CC(CNCC(C)C)C2CC2)c1. The molecule has 100 valence electrons. The summed E-state index contributed by atoms with van der Waals surface area (Å²) in [4.78, 5) is 0. The third-order valence-corrected chi connectivity index (χ3v) is 3.83. The van der Waals surface area contributed by atoms with Gasteiger partial charge in [0.15, 0.2) is 0 Å². The summed E-state index contributed by atoms with van der Waals surface area (Å²) in [5.41, 5.74) is 2.90. The Kier molecular flexibility index (Phi) is 4.82. The van der Waals surface area contributed by atoms with Gasteiger partial charge < -0.3 is 5.32 Å². The fraction of sp³-hybridized carbons (Fsp3) is 0.647. The summed E-state index contributed by atoms with van der Waals surface area (Å²) in [6.07, 6.45) is 4.14. The second-order valence-corrected chi connectivity index (χ2v) is 6.34. The van der Waals surface area contributed by atoms with Gasteiger partial charge in [0.1, 0.15) is 0 Å². The minimum absolute atomic E-state index is 0.754. The van der Waals surface area contributed by atoms with Crippen molar-refractivity contribution in [2.24, 2.45) is 17.8 Å². The third kappa shape index (κ3) is 4.45. The van der Waals surface area contributed by atoms with E-state index in [-0.39, 0.29) is 0 Å². The minimum atomic E-state index is 0.754. The van der Waals surface area contributed by atoms with E-state index >= 15 is 0 Å². The van der Waals surface area contributed by atoms with Crippen molar-refractivity contribution in [3.63, 3.8) is 0 Å². The average Bonchev–Trinajstić information content (AvgIpc) is 3.11. The van der Waals surface area contributed by atoms with Gasteiger partial charge in [-0.1, -0.05) is 43.7 Å². The van der Waals surface area contributed by atoms with E-state index in [1.807, 2.05) is 0 Å². The second kappa shape index (κ2) is 6.38.